The Hall–Kier alpha value is -1.31. The van der Waals surface area contributed by atoms with Crippen molar-refractivity contribution >= 4 is 12.3 Å². The van der Waals surface area contributed by atoms with Crippen molar-refractivity contribution in [3.63, 3.8) is 0 Å². The highest BCUT2D eigenvalue weighted by Crippen LogP contribution is 2.04. The molecular weight excluding hydrogens is 112 g/mol. The Morgan fingerprint density at radius 2 is 2.11 bits per heavy atom. The highest BCUT2D eigenvalue weighted by molar-refractivity contribution is 5.82. The Balaban J connectivity index is 3.12. The highest BCUT2D eigenvalue weighted by atomic mass is 14.6. The summed E-state index contributed by atoms with van der Waals surface area (Å²) in [4.78, 5) is 2.88. The predicted octanol–water partition coefficient (Wildman–Crippen LogP) is 1.66. The summed E-state index contributed by atoms with van der Waals surface area (Å²) in [6, 6.07) is 0. The van der Waals surface area contributed by atoms with Gasteiger partial charge in [0.2, 0.25) is 0 Å². The normalized spacial score (nSPS) is 8.89. The molecule has 0 saturated carbocycles. The number of aromatic nitrogens is 1. The van der Waals surface area contributed by atoms with Gasteiger partial charge in [-0.1, -0.05) is 12.7 Å². The van der Waals surface area contributed by atoms with Crippen LogP contribution in [0, 0.1) is 5.41 Å². The maximum atomic E-state index is 6.91. The largest absolute Gasteiger partial charge is 0.366 e. The number of hydrogen-bond acceptors (Lipinski definition) is 1. The van der Waals surface area contributed by atoms with Crippen LogP contribution in [0.25, 0.3) is 6.08 Å². The van der Waals surface area contributed by atoms with Crippen molar-refractivity contribution in [1.29, 1.82) is 5.41 Å². The van der Waals surface area contributed by atoms with Crippen molar-refractivity contribution in [3.8, 4) is 0 Å². The molecule has 2 N–H and O–H groups in total. The zero-order chi connectivity index (χ0) is 6.69. The quantitative estimate of drug-likeness (QED) is 0.557. The van der Waals surface area contributed by atoms with E-state index in [1.165, 1.54) is 6.21 Å². The summed E-state index contributed by atoms with van der Waals surface area (Å²) < 4.78 is 0. The molecule has 1 rings (SSSR count). The minimum atomic E-state index is 0.880. The standard InChI is InChI=1S/C7H8N2/c1-2-6-4-9-5-7(6)3-8/h2-5,8-9H,1H2. The smallest absolute Gasteiger partial charge is 0.0271 e. The van der Waals surface area contributed by atoms with E-state index in [1.54, 1.807) is 12.3 Å². The van der Waals surface area contributed by atoms with Crippen LogP contribution in [0.4, 0.5) is 0 Å². The van der Waals surface area contributed by atoms with Crippen LogP contribution in [0.1, 0.15) is 11.1 Å². The van der Waals surface area contributed by atoms with Crippen LogP contribution in [-0.2, 0) is 0 Å². The van der Waals surface area contributed by atoms with E-state index in [9.17, 15) is 0 Å². The van der Waals surface area contributed by atoms with Gasteiger partial charge in [0.25, 0.3) is 0 Å². The van der Waals surface area contributed by atoms with Crippen molar-refractivity contribution in [2.75, 3.05) is 0 Å². The highest BCUT2D eigenvalue weighted by Gasteiger charge is 1.92. The van der Waals surface area contributed by atoms with Gasteiger partial charge in [0.1, 0.15) is 0 Å². The predicted molar refractivity (Wildman–Crippen MR) is 38.8 cm³/mol. The number of nitrogens with one attached hydrogen (secondary N) is 2. The van der Waals surface area contributed by atoms with Crippen LogP contribution in [0.5, 0.6) is 0 Å². The van der Waals surface area contributed by atoms with Gasteiger partial charge in [-0.15, -0.1) is 0 Å². The Morgan fingerprint density at radius 1 is 1.44 bits per heavy atom. The van der Waals surface area contributed by atoms with Gasteiger partial charge in [0.15, 0.2) is 0 Å². The Bertz CT molecular complexity index is 200. The first-order chi connectivity index (χ1) is 4.38. The molecule has 0 bridgehead atoms. The second kappa shape index (κ2) is 2.31. The molecule has 46 valence electrons. The van der Waals surface area contributed by atoms with Crippen LogP contribution >= 0.6 is 0 Å². The van der Waals surface area contributed by atoms with E-state index >= 15 is 0 Å². The monoisotopic (exact) mass is 120 g/mol. The molecule has 1 heterocycles. The molecule has 0 spiro atoms. The number of aromatic amines is 1. The van der Waals surface area contributed by atoms with Crippen LogP contribution < -0.4 is 0 Å². The van der Waals surface area contributed by atoms with Crippen molar-refractivity contribution in [2.24, 2.45) is 0 Å². The Kier molecular flexibility index (Phi) is 1.49. The third kappa shape index (κ3) is 0.914. The summed E-state index contributed by atoms with van der Waals surface area (Å²) in [5.74, 6) is 0. The van der Waals surface area contributed by atoms with E-state index in [0.29, 0.717) is 0 Å². The van der Waals surface area contributed by atoms with E-state index in [2.05, 4.69) is 11.6 Å². The number of rotatable bonds is 2. The average molecular weight is 120 g/mol. The lowest BCUT2D eigenvalue weighted by Gasteiger charge is -1.83. The van der Waals surface area contributed by atoms with Gasteiger partial charge in [0.05, 0.1) is 0 Å². The zero-order valence-corrected chi connectivity index (χ0v) is 5.02. The maximum Gasteiger partial charge on any atom is 0.0271 e. The fourth-order valence-electron chi connectivity index (χ4n) is 0.690. The molecule has 0 fully saturated rings. The van der Waals surface area contributed by atoms with Gasteiger partial charge in [-0.3, -0.25) is 0 Å². The molecule has 1 aromatic rings. The first-order valence-electron chi connectivity index (χ1n) is 2.68. The van der Waals surface area contributed by atoms with Crippen LogP contribution in [0.2, 0.25) is 0 Å². The van der Waals surface area contributed by atoms with E-state index in [1.807, 2.05) is 6.20 Å². The molecule has 0 amide bonds. The summed E-state index contributed by atoms with van der Waals surface area (Å²) >= 11 is 0. The van der Waals surface area contributed by atoms with Crippen molar-refractivity contribution < 1.29 is 0 Å². The lowest BCUT2D eigenvalue weighted by atomic mass is 10.2. The topological polar surface area (TPSA) is 39.6 Å². The van der Waals surface area contributed by atoms with Gasteiger partial charge in [0, 0.05) is 29.7 Å². The Morgan fingerprint density at radius 3 is 2.56 bits per heavy atom. The van der Waals surface area contributed by atoms with E-state index in [-0.39, 0.29) is 0 Å². The van der Waals surface area contributed by atoms with Crippen LogP contribution in [0.15, 0.2) is 19.0 Å². The van der Waals surface area contributed by atoms with E-state index in [0.717, 1.165) is 11.1 Å². The van der Waals surface area contributed by atoms with Crippen molar-refractivity contribution in [2.45, 2.75) is 0 Å². The van der Waals surface area contributed by atoms with Gasteiger partial charge >= 0.3 is 0 Å². The number of hydrogen-bond donors (Lipinski definition) is 2. The van der Waals surface area contributed by atoms with Crippen molar-refractivity contribution in [1.82, 2.24) is 4.98 Å². The fraction of sp³-hybridized carbons (Fsp3) is 0. The van der Waals surface area contributed by atoms with Gasteiger partial charge in [-0.25, -0.2) is 0 Å². The minimum absolute atomic E-state index is 0.880. The lowest BCUT2D eigenvalue weighted by Crippen LogP contribution is -1.75. The summed E-state index contributed by atoms with van der Waals surface area (Å²) in [6.07, 6.45) is 6.60. The number of H-pyrrole nitrogens is 1. The van der Waals surface area contributed by atoms with Gasteiger partial charge in [-0.05, 0) is 0 Å². The molecule has 2 nitrogen and oxygen atoms in total. The SMILES string of the molecule is C=Cc1c[nH]cc1C=N. The molecule has 0 aliphatic heterocycles. The molecule has 2 heteroatoms. The molecule has 9 heavy (non-hydrogen) atoms. The van der Waals surface area contributed by atoms with Gasteiger partial charge < -0.3 is 10.4 Å². The molecule has 1 aromatic heterocycles. The molecule has 0 unspecified atom stereocenters. The van der Waals surface area contributed by atoms with Crippen LogP contribution in [-0.4, -0.2) is 11.2 Å². The molecule has 0 atom stereocenters. The zero-order valence-electron chi connectivity index (χ0n) is 5.02. The molecule has 0 aliphatic carbocycles. The van der Waals surface area contributed by atoms with Crippen molar-refractivity contribution in [3.05, 3.63) is 30.1 Å². The fourth-order valence-corrected chi connectivity index (χ4v) is 0.690. The molecule has 0 radical (unpaired) electrons. The van der Waals surface area contributed by atoms with Gasteiger partial charge in [-0.2, -0.15) is 0 Å². The molecule has 0 aliphatic rings. The summed E-state index contributed by atoms with van der Waals surface area (Å²) in [6.45, 7) is 3.59. The van der Waals surface area contributed by atoms with E-state index < -0.39 is 0 Å². The Labute approximate surface area is 53.7 Å². The second-order valence-electron chi connectivity index (χ2n) is 1.71. The lowest BCUT2D eigenvalue weighted by molar-refractivity contribution is 1.41. The molecular formula is C7H8N2. The summed E-state index contributed by atoms with van der Waals surface area (Å²) in [7, 11) is 0. The third-order valence-corrected chi connectivity index (χ3v) is 1.19. The first-order valence-corrected chi connectivity index (χ1v) is 2.68. The summed E-state index contributed by atoms with van der Waals surface area (Å²) in [5, 5.41) is 6.91. The molecule has 0 saturated heterocycles. The summed E-state index contributed by atoms with van der Waals surface area (Å²) in [5.41, 5.74) is 1.86. The second-order valence-corrected chi connectivity index (χ2v) is 1.71. The first kappa shape index (κ1) is 5.82. The average Bonchev–Trinajstić information content (AvgIpc) is 2.33. The minimum Gasteiger partial charge on any atom is -0.366 e. The molecule has 0 aromatic carbocycles. The van der Waals surface area contributed by atoms with Crippen LogP contribution in [0.3, 0.4) is 0 Å². The maximum absolute atomic E-state index is 6.91. The third-order valence-electron chi connectivity index (χ3n) is 1.19. The van der Waals surface area contributed by atoms with E-state index in [4.69, 9.17) is 5.41 Å².